The first-order valence-corrected chi connectivity index (χ1v) is 9.96. The van der Waals surface area contributed by atoms with Crippen LogP contribution in [0.4, 0.5) is 11.8 Å². The van der Waals surface area contributed by atoms with Crippen LogP contribution in [-0.4, -0.2) is 31.5 Å². The number of H-pyrrole nitrogens is 2. The molecule has 3 heterocycles. The molecule has 0 aliphatic heterocycles. The number of nitrogens with one attached hydrogen (secondary N) is 3. The summed E-state index contributed by atoms with van der Waals surface area (Å²) in [4.78, 5) is 19.9. The number of fused-ring (bicyclic) bond motifs is 2. The Labute approximate surface area is 173 Å². The van der Waals surface area contributed by atoms with Crippen LogP contribution in [0.15, 0.2) is 48.8 Å². The second kappa shape index (κ2) is 7.18. The van der Waals surface area contributed by atoms with Gasteiger partial charge in [-0.15, -0.1) is 0 Å². The standard InChI is InChI=1S/C23H23N7/c1-13-3-5-19-17(9-13)16(11-26-19)7-8-25-23-27-12-18(22(24)30-23)15-4-6-20-21(10-15)29-14(2)28-20/h3-6,9-12,26H,7-8H2,1-2H3,(H,28,29)(H3,24,25,27,30). The van der Waals surface area contributed by atoms with Crippen molar-refractivity contribution in [2.75, 3.05) is 17.6 Å². The minimum absolute atomic E-state index is 0.446. The van der Waals surface area contributed by atoms with Crippen LogP contribution in [0.25, 0.3) is 33.1 Å². The van der Waals surface area contributed by atoms with Gasteiger partial charge in [0.25, 0.3) is 0 Å². The van der Waals surface area contributed by atoms with Crippen molar-refractivity contribution in [1.29, 1.82) is 0 Å². The second-order valence-electron chi connectivity index (χ2n) is 7.59. The third-order valence-corrected chi connectivity index (χ3v) is 5.33. The number of aryl methyl sites for hydroxylation is 2. The number of benzene rings is 2. The highest BCUT2D eigenvalue weighted by Gasteiger charge is 2.10. The van der Waals surface area contributed by atoms with E-state index >= 15 is 0 Å². The largest absolute Gasteiger partial charge is 0.383 e. The van der Waals surface area contributed by atoms with Crippen LogP contribution < -0.4 is 11.1 Å². The smallest absolute Gasteiger partial charge is 0.224 e. The van der Waals surface area contributed by atoms with Gasteiger partial charge in [0.15, 0.2) is 0 Å². The summed E-state index contributed by atoms with van der Waals surface area (Å²) in [5.41, 5.74) is 13.6. The summed E-state index contributed by atoms with van der Waals surface area (Å²) in [6.45, 7) is 4.77. The zero-order chi connectivity index (χ0) is 20.7. The molecule has 5 aromatic rings. The van der Waals surface area contributed by atoms with Crippen molar-refractivity contribution in [3.63, 3.8) is 0 Å². The van der Waals surface area contributed by atoms with Crippen molar-refractivity contribution in [2.45, 2.75) is 20.3 Å². The van der Waals surface area contributed by atoms with Crippen LogP contribution in [0.2, 0.25) is 0 Å². The first kappa shape index (κ1) is 18.2. The molecule has 7 heteroatoms. The molecule has 7 nitrogen and oxygen atoms in total. The molecule has 0 aliphatic rings. The lowest BCUT2D eigenvalue weighted by Crippen LogP contribution is -2.09. The van der Waals surface area contributed by atoms with Crippen molar-refractivity contribution in [3.8, 4) is 11.1 Å². The quantitative estimate of drug-likeness (QED) is 0.352. The molecule has 150 valence electrons. The molecule has 0 unspecified atom stereocenters. The Kier molecular flexibility index (Phi) is 4.35. The molecule has 0 saturated heterocycles. The van der Waals surface area contributed by atoms with Gasteiger partial charge in [-0.25, -0.2) is 9.97 Å². The van der Waals surface area contributed by atoms with Gasteiger partial charge in [-0.1, -0.05) is 17.7 Å². The van der Waals surface area contributed by atoms with Crippen molar-refractivity contribution < 1.29 is 0 Å². The molecular formula is C23H23N7. The van der Waals surface area contributed by atoms with Crippen molar-refractivity contribution in [1.82, 2.24) is 24.9 Å². The van der Waals surface area contributed by atoms with Crippen molar-refractivity contribution in [3.05, 3.63) is 65.7 Å². The van der Waals surface area contributed by atoms with Gasteiger partial charge >= 0.3 is 0 Å². The molecular weight excluding hydrogens is 374 g/mol. The van der Waals surface area contributed by atoms with Gasteiger partial charge in [-0.3, -0.25) is 0 Å². The molecule has 0 spiro atoms. The maximum Gasteiger partial charge on any atom is 0.224 e. The molecule has 0 saturated carbocycles. The number of hydrogen-bond donors (Lipinski definition) is 4. The Bertz CT molecular complexity index is 1360. The zero-order valence-corrected chi connectivity index (χ0v) is 17.0. The van der Waals surface area contributed by atoms with Gasteiger partial charge in [-0.05, 0) is 55.7 Å². The number of anilines is 2. The number of hydrogen-bond acceptors (Lipinski definition) is 5. The monoisotopic (exact) mass is 397 g/mol. The van der Waals surface area contributed by atoms with Crippen LogP contribution in [-0.2, 0) is 6.42 Å². The number of rotatable bonds is 5. The van der Waals surface area contributed by atoms with Crippen LogP contribution in [0.1, 0.15) is 17.0 Å². The second-order valence-corrected chi connectivity index (χ2v) is 7.59. The minimum atomic E-state index is 0.446. The lowest BCUT2D eigenvalue weighted by atomic mass is 10.1. The van der Waals surface area contributed by atoms with Crippen LogP contribution in [0, 0.1) is 13.8 Å². The minimum Gasteiger partial charge on any atom is -0.383 e. The maximum atomic E-state index is 6.24. The summed E-state index contributed by atoms with van der Waals surface area (Å²) in [6.07, 6.45) is 4.70. The van der Waals surface area contributed by atoms with Crippen LogP contribution >= 0.6 is 0 Å². The van der Waals surface area contributed by atoms with E-state index < -0.39 is 0 Å². The van der Waals surface area contributed by atoms with Gasteiger partial charge in [0.05, 0.1) is 11.0 Å². The highest BCUT2D eigenvalue weighted by molar-refractivity contribution is 5.85. The van der Waals surface area contributed by atoms with E-state index in [9.17, 15) is 0 Å². The van der Waals surface area contributed by atoms with E-state index in [1.54, 1.807) is 6.20 Å². The van der Waals surface area contributed by atoms with E-state index in [1.807, 2.05) is 25.1 Å². The van der Waals surface area contributed by atoms with E-state index in [1.165, 1.54) is 16.5 Å². The first-order valence-electron chi connectivity index (χ1n) is 9.96. The van der Waals surface area contributed by atoms with E-state index in [4.69, 9.17) is 5.73 Å². The lowest BCUT2D eigenvalue weighted by molar-refractivity contribution is 0.992. The van der Waals surface area contributed by atoms with E-state index in [-0.39, 0.29) is 0 Å². The average Bonchev–Trinajstić information content (AvgIpc) is 3.29. The number of aromatic amines is 2. The molecule has 0 atom stereocenters. The third-order valence-electron chi connectivity index (χ3n) is 5.33. The van der Waals surface area contributed by atoms with Gasteiger partial charge in [-0.2, -0.15) is 4.98 Å². The zero-order valence-electron chi connectivity index (χ0n) is 17.0. The molecule has 5 rings (SSSR count). The molecule has 0 aliphatic carbocycles. The molecule has 3 aromatic heterocycles. The number of imidazole rings is 1. The van der Waals surface area contributed by atoms with Gasteiger partial charge in [0.2, 0.25) is 5.95 Å². The molecule has 5 N–H and O–H groups in total. The van der Waals surface area contributed by atoms with Gasteiger partial charge in [0.1, 0.15) is 11.6 Å². The number of nitrogen functional groups attached to an aromatic ring is 1. The fraction of sp³-hybridized carbons (Fsp3) is 0.174. The molecule has 0 bridgehead atoms. The summed E-state index contributed by atoms with van der Waals surface area (Å²) in [7, 11) is 0. The lowest BCUT2D eigenvalue weighted by Gasteiger charge is -2.09. The fourth-order valence-electron chi connectivity index (χ4n) is 3.81. The van der Waals surface area contributed by atoms with E-state index in [2.05, 4.69) is 61.6 Å². The Morgan fingerprint density at radius 1 is 1.03 bits per heavy atom. The molecule has 0 amide bonds. The first-order chi connectivity index (χ1) is 14.6. The number of nitrogens with zero attached hydrogens (tertiary/aromatic N) is 3. The maximum absolute atomic E-state index is 6.24. The third kappa shape index (κ3) is 3.34. The molecule has 2 aromatic carbocycles. The number of aromatic nitrogens is 5. The Morgan fingerprint density at radius 2 is 1.90 bits per heavy atom. The molecule has 0 fully saturated rings. The van der Waals surface area contributed by atoms with Gasteiger partial charge in [0, 0.05) is 35.4 Å². The van der Waals surface area contributed by atoms with Crippen LogP contribution in [0.5, 0.6) is 0 Å². The van der Waals surface area contributed by atoms with E-state index in [0.717, 1.165) is 46.5 Å². The SMILES string of the molecule is Cc1ccc2[nH]cc(CCNc3ncc(-c4ccc5[nH]c(C)nc5c4)c(N)n3)c2c1. The average molecular weight is 397 g/mol. The molecule has 0 radical (unpaired) electrons. The summed E-state index contributed by atoms with van der Waals surface area (Å²) in [5.74, 6) is 1.86. The Hall–Kier alpha value is -3.87. The highest BCUT2D eigenvalue weighted by Crippen LogP contribution is 2.27. The topological polar surface area (TPSA) is 108 Å². The summed E-state index contributed by atoms with van der Waals surface area (Å²) >= 11 is 0. The summed E-state index contributed by atoms with van der Waals surface area (Å²) in [6, 6.07) is 12.4. The number of nitrogens with two attached hydrogens (primary N) is 1. The van der Waals surface area contributed by atoms with Crippen molar-refractivity contribution in [2.24, 2.45) is 0 Å². The predicted molar refractivity (Wildman–Crippen MR) is 121 cm³/mol. The summed E-state index contributed by atoms with van der Waals surface area (Å²) in [5, 5.41) is 4.54. The highest BCUT2D eigenvalue weighted by atomic mass is 15.1. The molecule has 30 heavy (non-hydrogen) atoms. The van der Waals surface area contributed by atoms with Crippen molar-refractivity contribution >= 4 is 33.7 Å². The van der Waals surface area contributed by atoms with Gasteiger partial charge < -0.3 is 21.0 Å². The predicted octanol–water partition coefficient (Wildman–Crippen LogP) is 4.35. The fourth-order valence-corrected chi connectivity index (χ4v) is 3.81. The van der Waals surface area contributed by atoms with E-state index in [0.29, 0.717) is 11.8 Å². The Morgan fingerprint density at radius 3 is 2.77 bits per heavy atom. The Balaban J connectivity index is 1.31. The summed E-state index contributed by atoms with van der Waals surface area (Å²) < 4.78 is 0. The normalized spacial score (nSPS) is 11.4. The van der Waals surface area contributed by atoms with Crippen LogP contribution in [0.3, 0.4) is 0 Å².